The number of hydrogen-bond acceptors (Lipinski definition) is 2. The van der Waals surface area contributed by atoms with Crippen LogP contribution in [0.2, 0.25) is 5.02 Å². The van der Waals surface area contributed by atoms with Crippen LogP contribution in [-0.2, 0) is 0 Å². The first-order valence-corrected chi connectivity index (χ1v) is 8.18. The van der Waals surface area contributed by atoms with E-state index >= 15 is 0 Å². The molecule has 1 aromatic carbocycles. The summed E-state index contributed by atoms with van der Waals surface area (Å²) < 4.78 is 0. The van der Waals surface area contributed by atoms with Gasteiger partial charge in [-0.05, 0) is 43.9 Å². The fourth-order valence-corrected chi connectivity index (χ4v) is 3.18. The lowest BCUT2D eigenvalue weighted by atomic mass is 10.1. The molecular weight excluding hydrogens is 302 g/mol. The number of carbonyl (C=O) groups excluding carboxylic acids is 2. The zero-order valence-electron chi connectivity index (χ0n) is 12.5. The smallest absolute Gasteiger partial charge is 0.321 e. The third kappa shape index (κ3) is 3.19. The van der Waals surface area contributed by atoms with Gasteiger partial charge in [0, 0.05) is 31.2 Å². The zero-order valence-corrected chi connectivity index (χ0v) is 13.2. The Morgan fingerprint density at radius 1 is 0.955 bits per heavy atom. The number of urea groups is 1. The number of nitrogens with zero attached hydrogens (tertiary/aromatic N) is 2. The topological polar surface area (TPSA) is 52.7 Å². The molecule has 2 fully saturated rings. The van der Waals surface area contributed by atoms with Crippen LogP contribution in [0, 0.1) is 0 Å². The highest BCUT2D eigenvalue weighted by Gasteiger charge is 2.24. The lowest BCUT2D eigenvalue weighted by Crippen LogP contribution is -2.34. The van der Waals surface area contributed by atoms with E-state index in [-0.39, 0.29) is 11.9 Å². The number of hydrogen-bond donors (Lipinski definition) is 1. The minimum atomic E-state index is -0.157. The summed E-state index contributed by atoms with van der Waals surface area (Å²) in [4.78, 5) is 28.5. The molecule has 3 amide bonds. The molecule has 0 spiro atoms. The number of carbonyl (C=O) groups is 2. The number of likely N-dealkylation sites (tertiary alicyclic amines) is 2. The molecule has 3 rings (SSSR count). The van der Waals surface area contributed by atoms with Crippen molar-refractivity contribution in [2.75, 3.05) is 31.5 Å². The number of halogens is 1. The molecule has 2 aliphatic heterocycles. The van der Waals surface area contributed by atoms with E-state index in [4.69, 9.17) is 11.6 Å². The minimum Gasteiger partial charge on any atom is -0.339 e. The molecule has 0 saturated carbocycles. The van der Waals surface area contributed by atoms with Crippen molar-refractivity contribution in [2.45, 2.75) is 25.7 Å². The molecule has 1 aromatic rings. The normalized spacial score (nSPS) is 17.9. The second kappa shape index (κ2) is 6.57. The van der Waals surface area contributed by atoms with Gasteiger partial charge in [-0.25, -0.2) is 4.79 Å². The summed E-state index contributed by atoms with van der Waals surface area (Å²) >= 11 is 6.03. The number of amides is 3. The second-order valence-electron chi connectivity index (χ2n) is 5.81. The molecule has 0 unspecified atom stereocenters. The van der Waals surface area contributed by atoms with Crippen LogP contribution in [0.1, 0.15) is 36.0 Å². The summed E-state index contributed by atoms with van der Waals surface area (Å²) in [6.07, 6.45) is 4.13. The first-order valence-electron chi connectivity index (χ1n) is 7.80. The Balaban J connectivity index is 1.80. The average molecular weight is 322 g/mol. The maximum absolute atomic E-state index is 12.6. The fraction of sp³-hybridized carbons (Fsp3) is 0.500. The summed E-state index contributed by atoms with van der Waals surface area (Å²) in [5.41, 5.74) is 1.01. The highest BCUT2D eigenvalue weighted by Crippen LogP contribution is 2.25. The minimum absolute atomic E-state index is 0.0362. The molecule has 1 N–H and O–H groups in total. The van der Waals surface area contributed by atoms with E-state index in [9.17, 15) is 9.59 Å². The molecule has 0 bridgehead atoms. The van der Waals surface area contributed by atoms with Crippen LogP contribution in [0.5, 0.6) is 0 Å². The molecule has 6 heteroatoms. The molecule has 118 valence electrons. The van der Waals surface area contributed by atoms with Crippen molar-refractivity contribution < 1.29 is 9.59 Å². The maximum Gasteiger partial charge on any atom is 0.321 e. The van der Waals surface area contributed by atoms with Gasteiger partial charge in [-0.3, -0.25) is 4.79 Å². The second-order valence-corrected chi connectivity index (χ2v) is 6.25. The lowest BCUT2D eigenvalue weighted by Gasteiger charge is -2.20. The van der Waals surface area contributed by atoms with Crippen molar-refractivity contribution in [1.82, 2.24) is 9.80 Å². The standard InChI is InChI=1S/C16H20ClN3O2/c17-12-5-6-13(15(21)19-7-1-2-8-19)14(11-12)18-16(22)20-9-3-4-10-20/h5-6,11H,1-4,7-10H2,(H,18,22). The third-order valence-corrected chi connectivity index (χ3v) is 4.48. The van der Waals surface area contributed by atoms with Gasteiger partial charge in [0.1, 0.15) is 0 Å². The largest absolute Gasteiger partial charge is 0.339 e. The summed E-state index contributed by atoms with van der Waals surface area (Å²) in [6, 6.07) is 4.88. The number of nitrogens with one attached hydrogen (secondary N) is 1. The van der Waals surface area contributed by atoms with E-state index in [1.807, 2.05) is 4.90 Å². The van der Waals surface area contributed by atoms with Gasteiger partial charge in [0.15, 0.2) is 0 Å². The Bertz CT molecular complexity index is 579. The van der Waals surface area contributed by atoms with Crippen LogP contribution in [-0.4, -0.2) is 47.9 Å². The number of rotatable bonds is 2. The molecule has 0 atom stereocenters. The molecule has 0 radical (unpaired) electrons. The molecular formula is C16H20ClN3O2. The SMILES string of the molecule is O=C(Nc1cc(Cl)ccc1C(=O)N1CCCC1)N1CCCC1. The quantitative estimate of drug-likeness (QED) is 0.909. The predicted molar refractivity (Wildman–Crippen MR) is 86.4 cm³/mol. The van der Waals surface area contributed by atoms with Crippen molar-refractivity contribution in [3.05, 3.63) is 28.8 Å². The average Bonchev–Trinajstić information content (AvgIpc) is 3.20. The summed E-state index contributed by atoms with van der Waals surface area (Å²) in [7, 11) is 0. The highest BCUT2D eigenvalue weighted by molar-refractivity contribution is 6.31. The molecule has 22 heavy (non-hydrogen) atoms. The Hall–Kier alpha value is -1.75. The van der Waals surface area contributed by atoms with Crippen molar-refractivity contribution in [3.8, 4) is 0 Å². The first kappa shape index (κ1) is 15.2. The van der Waals surface area contributed by atoms with Crippen LogP contribution in [0.15, 0.2) is 18.2 Å². The van der Waals surface area contributed by atoms with Crippen molar-refractivity contribution >= 4 is 29.2 Å². The molecule has 0 aromatic heterocycles. The van der Waals surface area contributed by atoms with Crippen LogP contribution < -0.4 is 5.32 Å². The third-order valence-electron chi connectivity index (χ3n) is 4.24. The molecule has 2 heterocycles. The van der Waals surface area contributed by atoms with Crippen LogP contribution >= 0.6 is 11.6 Å². The van der Waals surface area contributed by atoms with Crippen LogP contribution in [0.3, 0.4) is 0 Å². The summed E-state index contributed by atoms with van der Waals surface area (Å²) in [6.45, 7) is 3.09. The monoisotopic (exact) mass is 321 g/mol. The van der Waals surface area contributed by atoms with E-state index in [1.165, 1.54) is 0 Å². The van der Waals surface area contributed by atoms with Gasteiger partial charge in [-0.1, -0.05) is 11.6 Å². The van der Waals surface area contributed by atoms with E-state index in [1.54, 1.807) is 23.1 Å². The van der Waals surface area contributed by atoms with Gasteiger partial charge in [0.25, 0.3) is 5.91 Å². The van der Waals surface area contributed by atoms with Gasteiger partial charge >= 0.3 is 6.03 Å². The molecule has 0 aliphatic carbocycles. The van der Waals surface area contributed by atoms with Crippen molar-refractivity contribution in [1.29, 1.82) is 0 Å². The maximum atomic E-state index is 12.6. The van der Waals surface area contributed by atoms with E-state index < -0.39 is 0 Å². The number of anilines is 1. The molecule has 5 nitrogen and oxygen atoms in total. The van der Waals surface area contributed by atoms with Crippen molar-refractivity contribution in [2.24, 2.45) is 0 Å². The van der Waals surface area contributed by atoms with Gasteiger partial charge in [-0.2, -0.15) is 0 Å². The Morgan fingerprint density at radius 3 is 2.18 bits per heavy atom. The van der Waals surface area contributed by atoms with E-state index in [0.29, 0.717) is 16.3 Å². The van der Waals surface area contributed by atoms with Gasteiger partial charge < -0.3 is 15.1 Å². The Morgan fingerprint density at radius 2 is 1.55 bits per heavy atom. The van der Waals surface area contributed by atoms with E-state index in [2.05, 4.69) is 5.32 Å². The summed E-state index contributed by atoms with van der Waals surface area (Å²) in [5.74, 6) is -0.0362. The van der Waals surface area contributed by atoms with Crippen LogP contribution in [0.4, 0.5) is 10.5 Å². The van der Waals surface area contributed by atoms with Gasteiger partial charge in [0.05, 0.1) is 11.3 Å². The zero-order chi connectivity index (χ0) is 15.5. The van der Waals surface area contributed by atoms with Crippen LogP contribution in [0.25, 0.3) is 0 Å². The van der Waals surface area contributed by atoms with Gasteiger partial charge in [0.2, 0.25) is 0 Å². The van der Waals surface area contributed by atoms with Gasteiger partial charge in [-0.15, -0.1) is 0 Å². The highest BCUT2D eigenvalue weighted by atomic mass is 35.5. The first-order chi connectivity index (χ1) is 10.6. The molecule has 2 aliphatic rings. The molecule has 2 saturated heterocycles. The lowest BCUT2D eigenvalue weighted by molar-refractivity contribution is 0.0794. The Kier molecular flexibility index (Phi) is 4.52. The summed E-state index contributed by atoms with van der Waals surface area (Å²) in [5, 5.41) is 3.36. The van der Waals surface area contributed by atoms with Crippen molar-refractivity contribution in [3.63, 3.8) is 0 Å². The predicted octanol–water partition coefficient (Wildman–Crippen LogP) is 3.20. The Labute approximate surface area is 135 Å². The number of benzene rings is 1. The fourth-order valence-electron chi connectivity index (χ4n) is 3.01. The van der Waals surface area contributed by atoms with E-state index in [0.717, 1.165) is 51.9 Å².